The summed E-state index contributed by atoms with van der Waals surface area (Å²) in [6.07, 6.45) is 0.851. The fraction of sp³-hybridized carbons (Fsp3) is 0.500. The SMILES string of the molecule is CN(CC1CCOC1)S(=O)(=O)c1ccc(F)c(Cl)c1. The highest BCUT2D eigenvalue weighted by Crippen LogP contribution is 2.23. The number of rotatable bonds is 4. The van der Waals surface area contributed by atoms with Crippen LogP contribution in [0.25, 0.3) is 0 Å². The standard InChI is InChI=1S/C12H15ClFNO3S/c1-15(7-9-4-5-18-8-9)19(16,17)10-2-3-12(14)11(13)6-10/h2-3,6,9H,4-5,7-8H2,1H3. The average Bonchev–Trinajstić information content (AvgIpc) is 2.85. The van der Waals surface area contributed by atoms with Crippen LogP contribution in [0, 0.1) is 11.7 Å². The summed E-state index contributed by atoms with van der Waals surface area (Å²) in [4.78, 5) is 0.000292. The second kappa shape index (κ2) is 5.75. The average molecular weight is 308 g/mol. The normalized spacial score (nSPS) is 20.1. The van der Waals surface area contributed by atoms with Crippen LogP contribution in [0.15, 0.2) is 23.1 Å². The molecule has 7 heteroatoms. The zero-order valence-electron chi connectivity index (χ0n) is 10.5. The van der Waals surface area contributed by atoms with E-state index in [4.69, 9.17) is 16.3 Å². The fourth-order valence-electron chi connectivity index (χ4n) is 2.01. The molecule has 1 atom stereocenters. The van der Waals surface area contributed by atoms with Crippen molar-refractivity contribution in [1.29, 1.82) is 0 Å². The van der Waals surface area contributed by atoms with Gasteiger partial charge in [0.2, 0.25) is 10.0 Å². The monoisotopic (exact) mass is 307 g/mol. The van der Waals surface area contributed by atoms with E-state index in [1.165, 1.54) is 17.4 Å². The van der Waals surface area contributed by atoms with Crippen LogP contribution >= 0.6 is 11.6 Å². The summed E-state index contributed by atoms with van der Waals surface area (Å²) in [5, 5.41) is -0.196. The minimum absolute atomic E-state index is 0.000292. The van der Waals surface area contributed by atoms with E-state index in [0.29, 0.717) is 19.8 Å². The van der Waals surface area contributed by atoms with Crippen LogP contribution in [0.1, 0.15) is 6.42 Å². The van der Waals surface area contributed by atoms with Crippen molar-refractivity contribution in [2.75, 3.05) is 26.8 Å². The minimum Gasteiger partial charge on any atom is -0.381 e. The van der Waals surface area contributed by atoms with E-state index >= 15 is 0 Å². The Bertz CT molecular complexity index is 558. The van der Waals surface area contributed by atoms with Crippen molar-refractivity contribution in [1.82, 2.24) is 4.31 Å². The number of nitrogens with zero attached hydrogens (tertiary/aromatic N) is 1. The lowest BCUT2D eigenvalue weighted by Crippen LogP contribution is -2.32. The molecular formula is C12H15ClFNO3S. The Morgan fingerprint density at radius 3 is 2.84 bits per heavy atom. The molecule has 0 radical (unpaired) electrons. The molecule has 0 spiro atoms. The van der Waals surface area contributed by atoms with Crippen LogP contribution in [0.2, 0.25) is 5.02 Å². The molecule has 0 aliphatic carbocycles. The van der Waals surface area contributed by atoms with Gasteiger partial charge in [0, 0.05) is 20.2 Å². The van der Waals surface area contributed by atoms with Gasteiger partial charge in [0.05, 0.1) is 16.5 Å². The molecule has 1 aromatic carbocycles. The molecule has 19 heavy (non-hydrogen) atoms. The summed E-state index contributed by atoms with van der Waals surface area (Å²) in [6, 6.07) is 3.41. The summed E-state index contributed by atoms with van der Waals surface area (Å²) in [6.45, 7) is 1.63. The van der Waals surface area contributed by atoms with Crippen LogP contribution in [0.3, 0.4) is 0 Å². The number of benzene rings is 1. The Kier molecular flexibility index (Phi) is 4.45. The molecule has 1 aliphatic heterocycles. The number of ether oxygens (including phenoxy) is 1. The van der Waals surface area contributed by atoms with Gasteiger partial charge in [-0.15, -0.1) is 0 Å². The van der Waals surface area contributed by atoms with Crippen LogP contribution in [-0.4, -0.2) is 39.5 Å². The predicted molar refractivity (Wildman–Crippen MR) is 70.2 cm³/mol. The maximum atomic E-state index is 13.1. The van der Waals surface area contributed by atoms with E-state index in [1.54, 1.807) is 0 Å². The summed E-state index contributed by atoms with van der Waals surface area (Å²) in [5.41, 5.74) is 0. The molecule has 1 aromatic rings. The van der Waals surface area contributed by atoms with Crippen molar-refractivity contribution in [3.8, 4) is 0 Å². The second-order valence-corrected chi connectivity index (χ2v) is 7.04. The highest BCUT2D eigenvalue weighted by atomic mass is 35.5. The quantitative estimate of drug-likeness (QED) is 0.856. The number of halogens is 2. The molecule has 0 saturated carbocycles. The highest BCUT2D eigenvalue weighted by molar-refractivity contribution is 7.89. The van der Waals surface area contributed by atoms with E-state index in [1.807, 2.05) is 0 Å². The van der Waals surface area contributed by atoms with Crippen molar-refractivity contribution >= 4 is 21.6 Å². The van der Waals surface area contributed by atoms with Crippen molar-refractivity contribution < 1.29 is 17.5 Å². The lowest BCUT2D eigenvalue weighted by Gasteiger charge is -2.20. The molecule has 1 heterocycles. The first-order valence-electron chi connectivity index (χ1n) is 5.90. The predicted octanol–water partition coefficient (Wildman–Crippen LogP) is 2.14. The molecule has 1 fully saturated rings. The smallest absolute Gasteiger partial charge is 0.242 e. The van der Waals surface area contributed by atoms with Gasteiger partial charge in [0.15, 0.2) is 0 Å². The van der Waals surface area contributed by atoms with E-state index < -0.39 is 15.8 Å². The summed E-state index contributed by atoms with van der Waals surface area (Å²) >= 11 is 5.62. The Morgan fingerprint density at radius 2 is 2.26 bits per heavy atom. The van der Waals surface area contributed by atoms with E-state index in [2.05, 4.69) is 0 Å². The van der Waals surface area contributed by atoms with E-state index in [0.717, 1.165) is 18.6 Å². The van der Waals surface area contributed by atoms with E-state index in [-0.39, 0.29) is 15.8 Å². The maximum Gasteiger partial charge on any atom is 0.242 e. The third-order valence-corrected chi connectivity index (χ3v) is 5.25. The minimum atomic E-state index is -3.64. The molecule has 0 bridgehead atoms. The number of hydrogen-bond acceptors (Lipinski definition) is 3. The largest absolute Gasteiger partial charge is 0.381 e. The molecular weight excluding hydrogens is 293 g/mol. The lowest BCUT2D eigenvalue weighted by atomic mass is 10.1. The zero-order chi connectivity index (χ0) is 14.0. The summed E-state index contributed by atoms with van der Waals surface area (Å²) in [5.74, 6) is -0.428. The van der Waals surface area contributed by atoms with Crippen LogP contribution in [0.5, 0.6) is 0 Å². The van der Waals surface area contributed by atoms with Gasteiger partial charge in [-0.25, -0.2) is 17.1 Å². The topological polar surface area (TPSA) is 46.6 Å². The van der Waals surface area contributed by atoms with Crippen LogP contribution < -0.4 is 0 Å². The third kappa shape index (κ3) is 3.25. The first kappa shape index (κ1) is 14.7. The molecule has 2 rings (SSSR count). The van der Waals surface area contributed by atoms with Gasteiger partial charge in [-0.2, -0.15) is 0 Å². The summed E-state index contributed by atoms with van der Waals surface area (Å²) in [7, 11) is -2.13. The van der Waals surface area contributed by atoms with Crippen molar-refractivity contribution in [2.45, 2.75) is 11.3 Å². The molecule has 106 valence electrons. The fourth-order valence-corrected chi connectivity index (χ4v) is 3.53. The van der Waals surface area contributed by atoms with Gasteiger partial charge >= 0.3 is 0 Å². The van der Waals surface area contributed by atoms with Crippen molar-refractivity contribution in [2.24, 2.45) is 5.92 Å². The van der Waals surface area contributed by atoms with Gasteiger partial charge in [0.25, 0.3) is 0 Å². The highest BCUT2D eigenvalue weighted by Gasteiger charge is 2.26. The van der Waals surface area contributed by atoms with Crippen LogP contribution in [0.4, 0.5) is 4.39 Å². The first-order valence-corrected chi connectivity index (χ1v) is 7.72. The van der Waals surface area contributed by atoms with E-state index in [9.17, 15) is 12.8 Å². The maximum absolute atomic E-state index is 13.1. The van der Waals surface area contributed by atoms with Crippen LogP contribution in [-0.2, 0) is 14.8 Å². The van der Waals surface area contributed by atoms with Crippen molar-refractivity contribution in [3.63, 3.8) is 0 Å². The second-order valence-electron chi connectivity index (χ2n) is 4.59. The number of sulfonamides is 1. The third-order valence-electron chi connectivity index (χ3n) is 3.14. The Hall–Kier alpha value is -0.690. The molecule has 0 aromatic heterocycles. The van der Waals surface area contributed by atoms with Gasteiger partial charge in [-0.3, -0.25) is 0 Å². The summed E-state index contributed by atoms with van der Waals surface area (Å²) < 4.78 is 44.1. The molecule has 0 N–H and O–H groups in total. The Morgan fingerprint density at radius 1 is 1.53 bits per heavy atom. The Labute approximate surface area is 117 Å². The van der Waals surface area contributed by atoms with Gasteiger partial charge in [-0.05, 0) is 30.5 Å². The molecule has 1 aliphatic rings. The number of hydrogen-bond donors (Lipinski definition) is 0. The van der Waals surface area contributed by atoms with Gasteiger partial charge in [-0.1, -0.05) is 11.6 Å². The van der Waals surface area contributed by atoms with Crippen molar-refractivity contribution in [3.05, 3.63) is 29.0 Å². The Balaban J connectivity index is 2.18. The molecule has 4 nitrogen and oxygen atoms in total. The zero-order valence-corrected chi connectivity index (χ0v) is 12.0. The molecule has 0 amide bonds. The van der Waals surface area contributed by atoms with Gasteiger partial charge in [0.1, 0.15) is 5.82 Å². The first-order chi connectivity index (χ1) is 8.91. The molecule has 1 saturated heterocycles. The lowest BCUT2D eigenvalue weighted by molar-refractivity contribution is 0.182. The molecule has 1 unspecified atom stereocenters. The van der Waals surface area contributed by atoms with Gasteiger partial charge < -0.3 is 4.74 Å².